The fourth-order valence-electron chi connectivity index (χ4n) is 2.05. The number of hydrogen-bond donors (Lipinski definition) is 1. The lowest BCUT2D eigenvalue weighted by Crippen LogP contribution is -2.14. The van der Waals surface area contributed by atoms with Crippen LogP contribution < -0.4 is 4.74 Å². The van der Waals surface area contributed by atoms with Gasteiger partial charge in [-0.25, -0.2) is 0 Å². The number of benzene rings is 2. The van der Waals surface area contributed by atoms with Crippen LogP contribution in [0.3, 0.4) is 0 Å². The Labute approximate surface area is 132 Å². The van der Waals surface area contributed by atoms with Crippen LogP contribution in [-0.4, -0.2) is 18.3 Å². The van der Waals surface area contributed by atoms with Gasteiger partial charge in [-0.05, 0) is 41.8 Å². The van der Waals surface area contributed by atoms with Crippen LogP contribution in [0.25, 0.3) is 0 Å². The van der Waals surface area contributed by atoms with Crippen molar-refractivity contribution in [1.82, 2.24) is 0 Å². The molecule has 0 aliphatic rings. The van der Waals surface area contributed by atoms with Crippen molar-refractivity contribution in [3.63, 3.8) is 0 Å². The Hall–Kier alpha value is -1.03. The molecule has 0 aromatic heterocycles. The minimum Gasteiger partial charge on any atom is -0.497 e. The van der Waals surface area contributed by atoms with Crippen molar-refractivity contribution in [2.45, 2.75) is 18.9 Å². The van der Waals surface area contributed by atoms with Crippen molar-refractivity contribution < 1.29 is 9.84 Å². The van der Waals surface area contributed by atoms with Crippen LogP contribution >= 0.6 is 27.5 Å². The molecule has 20 heavy (non-hydrogen) atoms. The van der Waals surface area contributed by atoms with Gasteiger partial charge >= 0.3 is 0 Å². The van der Waals surface area contributed by atoms with Crippen LogP contribution in [0.1, 0.15) is 11.1 Å². The van der Waals surface area contributed by atoms with E-state index in [1.165, 1.54) is 0 Å². The van der Waals surface area contributed by atoms with Gasteiger partial charge in [-0.3, -0.25) is 0 Å². The van der Waals surface area contributed by atoms with Gasteiger partial charge in [-0.2, -0.15) is 0 Å². The summed E-state index contributed by atoms with van der Waals surface area (Å²) in [6, 6.07) is 13.4. The average molecular weight is 356 g/mol. The maximum atomic E-state index is 10.2. The number of aliphatic hydroxyl groups is 1. The Kier molecular flexibility index (Phi) is 5.46. The first-order valence-corrected chi connectivity index (χ1v) is 7.50. The number of ether oxygens (including phenoxy) is 1. The van der Waals surface area contributed by atoms with Gasteiger partial charge in [-0.15, -0.1) is 0 Å². The molecule has 0 aliphatic carbocycles. The first kappa shape index (κ1) is 15.4. The van der Waals surface area contributed by atoms with E-state index in [-0.39, 0.29) is 0 Å². The van der Waals surface area contributed by atoms with Crippen molar-refractivity contribution in [2.24, 2.45) is 0 Å². The molecule has 2 rings (SSSR count). The molecule has 0 saturated carbocycles. The van der Waals surface area contributed by atoms with Crippen LogP contribution in [0.15, 0.2) is 46.9 Å². The second-order valence-electron chi connectivity index (χ2n) is 4.65. The predicted octanol–water partition coefficient (Wildman–Crippen LogP) is 4.26. The maximum Gasteiger partial charge on any atom is 0.118 e. The monoisotopic (exact) mass is 354 g/mol. The highest BCUT2D eigenvalue weighted by Gasteiger charge is 2.10. The van der Waals surface area contributed by atoms with Crippen LogP contribution in [0.5, 0.6) is 5.75 Å². The third-order valence-electron chi connectivity index (χ3n) is 3.10. The molecule has 0 amide bonds. The third-order valence-corrected chi connectivity index (χ3v) is 3.95. The zero-order valence-corrected chi connectivity index (χ0v) is 13.5. The maximum absolute atomic E-state index is 10.2. The van der Waals surface area contributed by atoms with E-state index in [0.29, 0.717) is 17.9 Å². The third kappa shape index (κ3) is 4.23. The molecule has 0 fully saturated rings. The topological polar surface area (TPSA) is 29.5 Å². The summed E-state index contributed by atoms with van der Waals surface area (Å²) in [6.45, 7) is 0. The molecule has 1 N–H and O–H groups in total. The first-order valence-electron chi connectivity index (χ1n) is 6.33. The molecule has 0 aliphatic heterocycles. The van der Waals surface area contributed by atoms with Gasteiger partial charge in [0, 0.05) is 15.9 Å². The quantitative estimate of drug-likeness (QED) is 0.868. The Balaban J connectivity index is 1.99. The van der Waals surface area contributed by atoms with Crippen LogP contribution in [0, 0.1) is 0 Å². The fraction of sp³-hybridized carbons (Fsp3) is 0.250. The number of methoxy groups -OCH3 is 1. The van der Waals surface area contributed by atoms with E-state index in [9.17, 15) is 5.11 Å². The summed E-state index contributed by atoms with van der Waals surface area (Å²) in [4.78, 5) is 0. The summed E-state index contributed by atoms with van der Waals surface area (Å²) in [5, 5.41) is 10.8. The molecule has 0 spiro atoms. The molecule has 2 aromatic carbocycles. The van der Waals surface area contributed by atoms with Gasteiger partial charge in [0.1, 0.15) is 5.75 Å². The molecule has 2 nitrogen and oxygen atoms in total. The molecule has 1 atom stereocenters. The lowest BCUT2D eigenvalue weighted by molar-refractivity contribution is 0.175. The van der Waals surface area contributed by atoms with Gasteiger partial charge in [0.25, 0.3) is 0 Å². The van der Waals surface area contributed by atoms with Gasteiger partial charge < -0.3 is 9.84 Å². The normalized spacial score (nSPS) is 12.2. The summed E-state index contributed by atoms with van der Waals surface area (Å²) in [5.41, 5.74) is 2.03. The Morgan fingerprint density at radius 3 is 2.45 bits per heavy atom. The van der Waals surface area contributed by atoms with E-state index in [1.807, 2.05) is 42.5 Å². The van der Waals surface area contributed by atoms with Crippen LogP contribution in [0.2, 0.25) is 5.02 Å². The summed E-state index contributed by atoms with van der Waals surface area (Å²) >= 11 is 9.53. The average Bonchev–Trinajstić information content (AvgIpc) is 2.43. The molecular weight excluding hydrogens is 340 g/mol. The standard InChI is InChI=1S/C16H16BrClO2/c1-20-15-6-2-11(3-7-15)8-14(19)9-12-4-5-13(17)10-16(12)18/h2-7,10,14,19H,8-9H2,1H3. The highest BCUT2D eigenvalue weighted by atomic mass is 79.9. The predicted molar refractivity (Wildman–Crippen MR) is 85.6 cm³/mol. The highest BCUT2D eigenvalue weighted by molar-refractivity contribution is 9.10. The zero-order valence-electron chi connectivity index (χ0n) is 11.1. The van der Waals surface area contributed by atoms with Gasteiger partial charge in [0.15, 0.2) is 0 Å². The summed E-state index contributed by atoms with van der Waals surface area (Å²) < 4.78 is 6.05. The van der Waals surface area contributed by atoms with E-state index in [4.69, 9.17) is 16.3 Å². The van der Waals surface area contributed by atoms with E-state index < -0.39 is 6.10 Å². The number of rotatable bonds is 5. The first-order chi connectivity index (χ1) is 9.58. The summed E-state index contributed by atoms with van der Waals surface area (Å²) in [6.07, 6.45) is 0.677. The van der Waals surface area contributed by atoms with Crippen LogP contribution in [-0.2, 0) is 12.8 Å². The lowest BCUT2D eigenvalue weighted by Gasteiger charge is -2.12. The Bertz CT molecular complexity index is 569. The van der Waals surface area contributed by atoms with E-state index in [2.05, 4.69) is 15.9 Å². The van der Waals surface area contributed by atoms with E-state index in [1.54, 1.807) is 7.11 Å². The van der Waals surface area contributed by atoms with Crippen LogP contribution in [0.4, 0.5) is 0 Å². The molecule has 4 heteroatoms. The molecule has 0 radical (unpaired) electrons. The van der Waals surface area contributed by atoms with Crippen molar-refractivity contribution in [3.8, 4) is 5.75 Å². The fourth-order valence-corrected chi connectivity index (χ4v) is 2.80. The summed E-state index contributed by atoms with van der Waals surface area (Å²) in [7, 11) is 1.64. The van der Waals surface area contributed by atoms with E-state index >= 15 is 0 Å². The second kappa shape index (κ2) is 7.11. The molecule has 0 heterocycles. The number of aliphatic hydroxyl groups excluding tert-OH is 1. The largest absolute Gasteiger partial charge is 0.497 e. The molecule has 106 valence electrons. The highest BCUT2D eigenvalue weighted by Crippen LogP contribution is 2.23. The Morgan fingerprint density at radius 1 is 1.15 bits per heavy atom. The molecule has 1 unspecified atom stereocenters. The van der Waals surface area contributed by atoms with E-state index in [0.717, 1.165) is 21.3 Å². The number of halogens is 2. The second-order valence-corrected chi connectivity index (χ2v) is 5.97. The van der Waals surface area contributed by atoms with Crippen molar-refractivity contribution in [2.75, 3.05) is 7.11 Å². The van der Waals surface area contributed by atoms with Gasteiger partial charge in [-0.1, -0.05) is 45.7 Å². The van der Waals surface area contributed by atoms with Gasteiger partial charge in [0.05, 0.1) is 13.2 Å². The minimum absolute atomic E-state index is 0.456. The van der Waals surface area contributed by atoms with Gasteiger partial charge in [0.2, 0.25) is 0 Å². The Morgan fingerprint density at radius 2 is 1.85 bits per heavy atom. The smallest absolute Gasteiger partial charge is 0.118 e. The molecule has 2 aromatic rings. The molecule has 0 bridgehead atoms. The molecule has 0 saturated heterocycles. The molecular formula is C16H16BrClO2. The van der Waals surface area contributed by atoms with Crippen molar-refractivity contribution in [1.29, 1.82) is 0 Å². The SMILES string of the molecule is COc1ccc(CC(O)Cc2ccc(Br)cc2Cl)cc1. The zero-order chi connectivity index (χ0) is 14.5. The lowest BCUT2D eigenvalue weighted by atomic mass is 10.0. The summed E-state index contributed by atoms with van der Waals surface area (Å²) in [5.74, 6) is 0.819. The number of hydrogen-bond acceptors (Lipinski definition) is 2. The minimum atomic E-state index is -0.456. The van der Waals surface area contributed by atoms with Crippen molar-refractivity contribution in [3.05, 3.63) is 63.1 Å². The van der Waals surface area contributed by atoms with Crippen molar-refractivity contribution >= 4 is 27.5 Å².